The van der Waals surface area contributed by atoms with E-state index < -0.39 is 0 Å². The standard InChI is InChI=1S/C15H25N5/c16-13-11-14(17-12-7-3-1-4-8-12)19-15(18-13)20-9-5-2-6-10-20/h11-12H,1-10H2,(H3,16,17,18,19). The van der Waals surface area contributed by atoms with Crippen LogP contribution in [0, 0.1) is 0 Å². The monoisotopic (exact) mass is 275 g/mol. The summed E-state index contributed by atoms with van der Waals surface area (Å²) in [5.41, 5.74) is 5.95. The second-order valence-electron chi connectivity index (χ2n) is 6.01. The van der Waals surface area contributed by atoms with Crippen LogP contribution in [0.2, 0.25) is 0 Å². The van der Waals surface area contributed by atoms with Crippen LogP contribution >= 0.6 is 0 Å². The van der Waals surface area contributed by atoms with Gasteiger partial charge < -0.3 is 16.0 Å². The van der Waals surface area contributed by atoms with Crippen LogP contribution in [0.25, 0.3) is 0 Å². The van der Waals surface area contributed by atoms with Gasteiger partial charge in [0.2, 0.25) is 5.95 Å². The number of rotatable bonds is 3. The molecule has 1 saturated heterocycles. The number of piperidine rings is 1. The van der Waals surface area contributed by atoms with Gasteiger partial charge in [-0.05, 0) is 32.1 Å². The summed E-state index contributed by atoms with van der Waals surface area (Å²) < 4.78 is 0. The minimum Gasteiger partial charge on any atom is -0.383 e. The Morgan fingerprint density at radius 3 is 2.45 bits per heavy atom. The molecule has 0 aromatic carbocycles. The van der Waals surface area contributed by atoms with Crippen molar-refractivity contribution < 1.29 is 0 Å². The maximum Gasteiger partial charge on any atom is 0.229 e. The third kappa shape index (κ3) is 3.32. The Hall–Kier alpha value is -1.52. The van der Waals surface area contributed by atoms with Crippen LogP contribution in [0.3, 0.4) is 0 Å². The van der Waals surface area contributed by atoms with Gasteiger partial charge in [-0.25, -0.2) is 0 Å². The Bertz CT molecular complexity index is 436. The first-order valence-electron chi connectivity index (χ1n) is 7.97. The molecule has 0 radical (unpaired) electrons. The quantitative estimate of drug-likeness (QED) is 0.888. The number of nitrogens with two attached hydrogens (primary N) is 1. The SMILES string of the molecule is Nc1cc(NC2CCCCC2)nc(N2CCCCC2)n1. The van der Waals surface area contributed by atoms with E-state index in [0.717, 1.165) is 24.9 Å². The predicted molar refractivity (Wildman–Crippen MR) is 83.0 cm³/mol. The molecule has 0 bridgehead atoms. The van der Waals surface area contributed by atoms with Gasteiger partial charge in [-0.1, -0.05) is 19.3 Å². The highest BCUT2D eigenvalue weighted by Crippen LogP contribution is 2.23. The molecular formula is C15H25N5. The average Bonchev–Trinajstić information content (AvgIpc) is 2.49. The summed E-state index contributed by atoms with van der Waals surface area (Å²) in [7, 11) is 0. The van der Waals surface area contributed by atoms with E-state index in [4.69, 9.17) is 5.73 Å². The summed E-state index contributed by atoms with van der Waals surface area (Å²) >= 11 is 0. The molecule has 2 fully saturated rings. The van der Waals surface area contributed by atoms with Crippen LogP contribution in [0.1, 0.15) is 51.4 Å². The van der Waals surface area contributed by atoms with Crippen molar-refractivity contribution in [2.24, 2.45) is 0 Å². The van der Waals surface area contributed by atoms with E-state index in [1.807, 2.05) is 6.07 Å². The number of anilines is 3. The smallest absolute Gasteiger partial charge is 0.229 e. The fourth-order valence-electron chi connectivity index (χ4n) is 3.22. The van der Waals surface area contributed by atoms with Crippen LogP contribution in [0.5, 0.6) is 0 Å². The number of aromatic nitrogens is 2. The van der Waals surface area contributed by atoms with Crippen molar-refractivity contribution >= 4 is 17.6 Å². The van der Waals surface area contributed by atoms with Gasteiger partial charge in [0, 0.05) is 25.2 Å². The zero-order valence-electron chi connectivity index (χ0n) is 12.1. The molecule has 0 spiro atoms. The van der Waals surface area contributed by atoms with Crippen molar-refractivity contribution in [2.45, 2.75) is 57.4 Å². The van der Waals surface area contributed by atoms with Crippen molar-refractivity contribution in [1.29, 1.82) is 0 Å². The molecule has 1 aliphatic carbocycles. The molecule has 0 unspecified atom stereocenters. The lowest BCUT2D eigenvalue weighted by atomic mass is 9.95. The predicted octanol–water partition coefficient (Wildman–Crippen LogP) is 2.79. The van der Waals surface area contributed by atoms with Crippen LogP contribution in [-0.2, 0) is 0 Å². The molecule has 3 rings (SSSR count). The Balaban J connectivity index is 1.71. The van der Waals surface area contributed by atoms with E-state index in [1.165, 1.54) is 51.4 Å². The number of nitrogen functional groups attached to an aromatic ring is 1. The molecule has 1 saturated carbocycles. The summed E-state index contributed by atoms with van der Waals surface area (Å²) in [6.07, 6.45) is 10.2. The van der Waals surface area contributed by atoms with Gasteiger partial charge >= 0.3 is 0 Å². The zero-order chi connectivity index (χ0) is 13.8. The van der Waals surface area contributed by atoms with E-state index >= 15 is 0 Å². The van der Waals surface area contributed by atoms with Crippen LogP contribution < -0.4 is 16.0 Å². The largest absolute Gasteiger partial charge is 0.383 e. The molecular weight excluding hydrogens is 250 g/mol. The first-order valence-corrected chi connectivity index (χ1v) is 7.97. The van der Waals surface area contributed by atoms with Crippen molar-refractivity contribution in [2.75, 3.05) is 29.0 Å². The number of nitrogens with one attached hydrogen (secondary N) is 1. The number of hydrogen-bond acceptors (Lipinski definition) is 5. The van der Waals surface area contributed by atoms with Gasteiger partial charge in [-0.2, -0.15) is 9.97 Å². The van der Waals surface area contributed by atoms with Gasteiger partial charge in [0.25, 0.3) is 0 Å². The second-order valence-corrected chi connectivity index (χ2v) is 6.01. The molecule has 2 heterocycles. The van der Waals surface area contributed by atoms with E-state index in [2.05, 4.69) is 20.2 Å². The Labute approximate surface area is 121 Å². The average molecular weight is 275 g/mol. The Morgan fingerprint density at radius 2 is 1.70 bits per heavy atom. The maximum absolute atomic E-state index is 5.95. The minimum atomic E-state index is 0.548. The van der Waals surface area contributed by atoms with Gasteiger partial charge in [-0.3, -0.25) is 0 Å². The van der Waals surface area contributed by atoms with Crippen molar-refractivity contribution in [3.8, 4) is 0 Å². The highest BCUT2D eigenvalue weighted by Gasteiger charge is 2.17. The molecule has 1 aromatic rings. The lowest BCUT2D eigenvalue weighted by molar-refractivity contribution is 0.461. The first kappa shape index (κ1) is 13.5. The fraction of sp³-hybridized carbons (Fsp3) is 0.733. The van der Waals surface area contributed by atoms with Crippen LogP contribution in [0.4, 0.5) is 17.6 Å². The van der Waals surface area contributed by atoms with Crippen molar-refractivity contribution in [3.05, 3.63) is 6.07 Å². The third-order valence-electron chi connectivity index (χ3n) is 4.33. The van der Waals surface area contributed by atoms with E-state index in [0.29, 0.717) is 11.9 Å². The summed E-state index contributed by atoms with van der Waals surface area (Å²) in [6.45, 7) is 2.10. The maximum atomic E-state index is 5.95. The van der Waals surface area contributed by atoms with Gasteiger partial charge in [0.15, 0.2) is 0 Å². The molecule has 3 N–H and O–H groups in total. The molecule has 0 atom stereocenters. The summed E-state index contributed by atoms with van der Waals surface area (Å²) in [5, 5.41) is 3.54. The zero-order valence-corrected chi connectivity index (χ0v) is 12.1. The second kappa shape index (κ2) is 6.29. The summed E-state index contributed by atoms with van der Waals surface area (Å²) in [6, 6.07) is 2.41. The lowest BCUT2D eigenvalue weighted by Crippen LogP contribution is -2.31. The van der Waals surface area contributed by atoms with Crippen molar-refractivity contribution in [1.82, 2.24) is 9.97 Å². The van der Waals surface area contributed by atoms with E-state index in [9.17, 15) is 0 Å². The highest BCUT2D eigenvalue weighted by molar-refractivity contribution is 5.51. The minimum absolute atomic E-state index is 0.548. The lowest BCUT2D eigenvalue weighted by Gasteiger charge is -2.28. The van der Waals surface area contributed by atoms with E-state index in [1.54, 1.807) is 0 Å². The summed E-state index contributed by atoms with van der Waals surface area (Å²) in [5.74, 6) is 2.26. The molecule has 5 nitrogen and oxygen atoms in total. The number of nitrogens with zero attached hydrogens (tertiary/aromatic N) is 3. The molecule has 1 aromatic heterocycles. The van der Waals surface area contributed by atoms with Crippen LogP contribution in [0.15, 0.2) is 6.07 Å². The molecule has 1 aliphatic heterocycles. The van der Waals surface area contributed by atoms with Gasteiger partial charge in [0.1, 0.15) is 11.6 Å². The van der Waals surface area contributed by atoms with Crippen LogP contribution in [-0.4, -0.2) is 29.1 Å². The molecule has 20 heavy (non-hydrogen) atoms. The fourth-order valence-corrected chi connectivity index (χ4v) is 3.22. The first-order chi connectivity index (χ1) is 9.81. The van der Waals surface area contributed by atoms with E-state index in [-0.39, 0.29) is 0 Å². The topological polar surface area (TPSA) is 67.1 Å². The van der Waals surface area contributed by atoms with Crippen molar-refractivity contribution in [3.63, 3.8) is 0 Å². The molecule has 2 aliphatic rings. The normalized spacial score (nSPS) is 20.9. The molecule has 5 heteroatoms. The van der Waals surface area contributed by atoms with Gasteiger partial charge in [0.05, 0.1) is 0 Å². The third-order valence-corrected chi connectivity index (χ3v) is 4.33. The molecule has 0 amide bonds. The summed E-state index contributed by atoms with van der Waals surface area (Å²) in [4.78, 5) is 11.3. The highest BCUT2D eigenvalue weighted by atomic mass is 15.3. The number of hydrogen-bond donors (Lipinski definition) is 2. The van der Waals surface area contributed by atoms with Gasteiger partial charge in [-0.15, -0.1) is 0 Å². The Morgan fingerprint density at radius 1 is 1.00 bits per heavy atom. The Kier molecular flexibility index (Phi) is 4.23. The molecule has 110 valence electrons.